The number of thiophene rings is 2. The number of methoxy groups -OCH3 is 1. The Morgan fingerprint density at radius 2 is 1.92 bits per heavy atom. The van der Waals surface area contributed by atoms with Gasteiger partial charge in [0.15, 0.2) is 0 Å². The molecule has 5 nitrogen and oxygen atoms in total. The molecular formula is C18H16N2O3S2. The van der Waals surface area contributed by atoms with Gasteiger partial charge < -0.3 is 4.74 Å². The molecule has 7 heteroatoms. The summed E-state index contributed by atoms with van der Waals surface area (Å²) < 4.78 is 5.13. The maximum absolute atomic E-state index is 12.2. The van der Waals surface area contributed by atoms with Gasteiger partial charge in [0.05, 0.1) is 18.4 Å². The molecule has 128 valence electrons. The van der Waals surface area contributed by atoms with E-state index in [-0.39, 0.29) is 18.2 Å². The normalized spacial score (nSPS) is 10.3. The molecule has 0 spiro atoms. The van der Waals surface area contributed by atoms with Gasteiger partial charge in [0.1, 0.15) is 5.75 Å². The highest BCUT2D eigenvalue weighted by atomic mass is 32.1. The fourth-order valence-electron chi connectivity index (χ4n) is 2.21. The lowest BCUT2D eigenvalue weighted by molar-refractivity contribution is -0.121. The summed E-state index contributed by atoms with van der Waals surface area (Å²) in [6, 6.07) is 14.9. The molecule has 0 aliphatic heterocycles. The summed E-state index contributed by atoms with van der Waals surface area (Å²) in [5, 5.41) is 1.99. The zero-order chi connectivity index (χ0) is 17.6. The molecule has 0 radical (unpaired) electrons. The quantitative estimate of drug-likeness (QED) is 0.674. The molecule has 25 heavy (non-hydrogen) atoms. The van der Waals surface area contributed by atoms with E-state index in [1.54, 1.807) is 30.6 Å². The third-order valence-corrected chi connectivity index (χ3v) is 5.56. The number of benzene rings is 1. The van der Waals surface area contributed by atoms with Gasteiger partial charge >= 0.3 is 0 Å². The molecule has 0 aliphatic carbocycles. The van der Waals surface area contributed by atoms with Crippen LogP contribution in [0.5, 0.6) is 5.75 Å². The Bertz CT molecular complexity index is 872. The maximum atomic E-state index is 12.2. The van der Waals surface area contributed by atoms with Crippen molar-refractivity contribution in [3.63, 3.8) is 0 Å². The van der Waals surface area contributed by atoms with Crippen LogP contribution in [0.1, 0.15) is 15.2 Å². The largest absolute Gasteiger partial charge is 0.497 e. The lowest BCUT2D eigenvalue weighted by atomic mass is 10.1. The van der Waals surface area contributed by atoms with Crippen LogP contribution in [-0.2, 0) is 11.2 Å². The van der Waals surface area contributed by atoms with Crippen LogP contribution in [0.2, 0.25) is 0 Å². The average Bonchev–Trinajstić information content (AvgIpc) is 3.31. The fourth-order valence-corrected chi connectivity index (χ4v) is 3.95. The second-order valence-corrected chi connectivity index (χ2v) is 7.20. The van der Waals surface area contributed by atoms with Crippen molar-refractivity contribution in [3.05, 3.63) is 64.4 Å². The van der Waals surface area contributed by atoms with E-state index in [1.165, 1.54) is 11.3 Å². The predicted molar refractivity (Wildman–Crippen MR) is 99.9 cm³/mol. The van der Waals surface area contributed by atoms with Crippen LogP contribution in [0.25, 0.3) is 9.75 Å². The minimum absolute atomic E-state index is 0.155. The molecule has 0 unspecified atom stereocenters. The van der Waals surface area contributed by atoms with Crippen molar-refractivity contribution in [3.8, 4) is 15.5 Å². The van der Waals surface area contributed by atoms with Crippen LogP contribution in [0.3, 0.4) is 0 Å². The molecule has 2 aromatic heterocycles. The highest BCUT2D eigenvalue weighted by Gasteiger charge is 2.12. The van der Waals surface area contributed by atoms with Crippen LogP contribution >= 0.6 is 22.7 Å². The third-order valence-electron chi connectivity index (χ3n) is 3.41. The molecule has 2 amide bonds. The van der Waals surface area contributed by atoms with E-state index < -0.39 is 0 Å². The van der Waals surface area contributed by atoms with E-state index in [9.17, 15) is 9.59 Å². The second-order valence-electron chi connectivity index (χ2n) is 5.17. The van der Waals surface area contributed by atoms with E-state index in [4.69, 9.17) is 4.74 Å². The predicted octanol–water partition coefficient (Wildman–Crippen LogP) is 3.49. The van der Waals surface area contributed by atoms with Crippen LogP contribution in [-0.4, -0.2) is 18.9 Å². The first-order valence-electron chi connectivity index (χ1n) is 7.51. The zero-order valence-corrected chi connectivity index (χ0v) is 15.1. The number of hydrogen-bond donors (Lipinski definition) is 2. The minimum atomic E-state index is -0.327. The third kappa shape index (κ3) is 4.46. The highest BCUT2D eigenvalue weighted by molar-refractivity contribution is 7.22. The number of nitrogens with one attached hydrogen (secondary N) is 2. The Labute approximate surface area is 153 Å². The van der Waals surface area contributed by atoms with Gasteiger partial charge in [-0.15, -0.1) is 22.7 Å². The number of hydrazine groups is 1. The molecule has 0 atom stereocenters. The van der Waals surface area contributed by atoms with Crippen LogP contribution < -0.4 is 15.6 Å². The lowest BCUT2D eigenvalue weighted by Crippen LogP contribution is -2.42. The number of carbonyl (C=O) groups excluding carboxylic acids is 2. The van der Waals surface area contributed by atoms with Crippen molar-refractivity contribution in [2.45, 2.75) is 6.42 Å². The van der Waals surface area contributed by atoms with Gasteiger partial charge in [0.25, 0.3) is 5.91 Å². The van der Waals surface area contributed by atoms with E-state index in [2.05, 4.69) is 10.9 Å². The Hall–Kier alpha value is -2.64. The monoisotopic (exact) mass is 372 g/mol. The average molecular weight is 372 g/mol. The van der Waals surface area contributed by atoms with Crippen LogP contribution in [0.15, 0.2) is 53.9 Å². The smallest absolute Gasteiger partial charge is 0.279 e. The van der Waals surface area contributed by atoms with Crippen LogP contribution in [0.4, 0.5) is 0 Å². The fraction of sp³-hybridized carbons (Fsp3) is 0.111. The van der Waals surface area contributed by atoms with Crippen molar-refractivity contribution in [2.75, 3.05) is 7.11 Å². The van der Waals surface area contributed by atoms with E-state index in [0.717, 1.165) is 15.3 Å². The molecule has 0 fully saturated rings. The molecule has 0 bridgehead atoms. The maximum Gasteiger partial charge on any atom is 0.279 e. The summed E-state index contributed by atoms with van der Waals surface area (Å²) in [5.41, 5.74) is 5.70. The topological polar surface area (TPSA) is 67.4 Å². The van der Waals surface area contributed by atoms with Crippen molar-refractivity contribution in [1.82, 2.24) is 10.9 Å². The summed E-state index contributed by atoms with van der Waals surface area (Å²) >= 11 is 3.01. The Morgan fingerprint density at radius 3 is 2.68 bits per heavy atom. The number of amides is 2. The first-order chi connectivity index (χ1) is 12.2. The minimum Gasteiger partial charge on any atom is -0.497 e. The van der Waals surface area contributed by atoms with Gasteiger partial charge in [-0.3, -0.25) is 20.4 Å². The molecule has 0 aliphatic rings. The van der Waals surface area contributed by atoms with Crippen molar-refractivity contribution in [2.24, 2.45) is 0 Å². The van der Waals surface area contributed by atoms with Crippen molar-refractivity contribution >= 4 is 34.5 Å². The van der Waals surface area contributed by atoms with E-state index in [0.29, 0.717) is 10.6 Å². The summed E-state index contributed by atoms with van der Waals surface area (Å²) in [6.45, 7) is 0. The number of ether oxygens (including phenoxy) is 1. The van der Waals surface area contributed by atoms with Gasteiger partial charge in [-0.05, 0) is 41.3 Å². The molecular weight excluding hydrogens is 356 g/mol. The Kier molecular flexibility index (Phi) is 5.47. The lowest BCUT2D eigenvalue weighted by Gasteiger charge is -2.07. The summed E-state index contributed by atoms with van der Waals surface area (Å²) in [4.78, 5) is 26.8. The molecule has 2 N–H and O–H groups in total. The number of rotatable bonds is 5. The first kappa shape index (κ1) is 17.2. The molecule has 0 saturated carbocycles. The summed E-state index contributed by atoms with van der Waals surface area (Å²) in [5.74, 6) is 0.0671. The molecule has 2 heterocycles. The number of hydrogen-bond acceptors (Lipinski definition) is 5. The molecule has 1 aromatic carbocycles. The molecule has 0 saturated heterocycles. The molecule has 3 rings (SSSR count). The van der Waals surface area contributed by atoms with Crippen molar-refractivity contribution < 1.29 is 14.3 Å². The van der Waals surface area contributed by atoms with Gasteiger partial charge in [-0.2, -0.15) is 0 Å². The van der Waals surface area contributed by atoms with Gasteiger partial charge in [0, 0.05) is 9.75 Å². The first-order valence-corrected chi connectivity index (χ1v) is 9.21. The zero-order valence-electron chi connectivity index (χ0n) is 13.4. The standard InChI is InChI=1S/C18H16N2O3S2/c1-23-13-5-2-4-12(10-13)11-17(21)19-20-18(22)16-8-7-15(25-16)14-6-3-9-24-14/h2-10H,11H2,1H3,(H,19,21)(H,20,22). The van der Waals surface area contributed by atoms with Crippen molar-refractivity contribution in [1.29, 1.82) is 0 Å². The van der Waals surface area contributed by atoms with Gasteiger partial charge in [-0.25, -0.2) is 0 Å². The SMILES string of the molecule is COc1cccc(CC(=O)NNC(=O)c2ccc(-c3cccs3)s2)c1. The summed E-state index contributed by atoms with van der Waals surface area (Å²) in [7, 11) is 1.57. The van der Waals surface area contributed by atoms with Gasteiger partial charge in [0.2, 0.25) is 5.91 Å². The second kappa shape index (κ2) is 7.96. The van der Waals surface area contributed by atoms with Gasteiger partial charge in [-0.1, -0.05) is 18.2 Å². The highest BCUT2D eigenvalue weighted by Crippen LogP contribution is 2.31. The Balaban J connectivity index is 1.54. The van der Waals surface area contributed by atoms with Crippen LogP contribution in [0, 0.1) is 0 Å². The number of carbonyl (C=O) groups is 2. The summed E-state index contributed by atoms with van der Waals surface area (Å²) in [6.07, 6.45) is 0.155. The molecule has 3 aromatic rings. The Morgan fingerprint density at radius 1 is 1.04 bits per heavy atom. The van der Waals surface area contributed by atoms with E-state index in [1.807, 2.05) is 41.8 Å². The van der Waals surface area contributed by atoms with E-state index >= 15 is 0 Å².